The van der Waals surface area contributed by atoms with E-state index < -0.39 is 0 Å². The maximum absolute atomic E-state index is 9.05. The van der Waals surface area contributed by atoms with Crippen LogP contribution in [0.5, 0.6) is 0 Å². The number of halogens is 1. The molecule has 1 aromatic carbocycles. The number of nitrogens with one attached hydrogen (secondary N) is 1. The predicted molar refractivity (Wildman–Crippen MR) is 73.2 cm³/mol. The molecule has 1 heterocycles. The van der Waals surface area contributed by atoms with Gasteiger partial charge in [-0.15, -0.1) is 11.3 Å². The molecule has 0 aliphatic heterocycles. The number of nitrogens with zero attached hydrogens (tertiary/aromatic N) is 2. The fourth-order valence-electron chi connectivity index (χ4n) is 1.47. The fraction of sp³-hybridized carbons (Fsp3) is 0.167. The minimum absolute atomic E-state index is 0.645. The summed E-state index contributed by atoms with van der Waals surface area (Å²) in [6, 6.07) is 7.87. The highest BCUT2D eigenvalue weighted by Crippen LogP contribution is 2.23. The highest BCUT2D eigenvalue weighted by Gasteiger charge is 2.05. The van der Waals surface area contributed by atoms with Gasteiger partial charge in [-0.1, -0.05) is 6.07 Å². The van der Waals surface area contributed by atoms with Gasteiger partial charge in [0.2, 0.25) is 0 Å². The van der Waals surface area contributed by atoms with Gasteiger partial charge in [0, 0.05) is 29.0 Å². The van der Waals surface area contributed by atoms with Crippen molar-refractivity contribution in [3.05, 3.63) is 44.8 Å². The Balaban J connectivity index is 2.00. The van der Waals surface area contributed by atoms with Gasteiger partial charge in [-0.05, 0) is 28.1 Å². The largest absolute Gasteiger partial charge is 0.384 e. The van der Waals surface area contributed by atoms with Crippen molar-refractivity contribution in [3.8, 4) is 6.07 Å². The number of hydrogen-bond acceptors (Lipinski definition) is 4. The number of anilines is 1. The van der Waals surface area contributed by atoms with E-state index >= 15 is 0 Å². The number of thiazole rings is 1. The van der Waals surface area contributed by atoms with Crippen LogP contribution in [0.1, 0.15) is 10.6 Å². The first-order valence-electron chi connectivity index (χ1n) is 5.12. The first-order chi connectivity index (χ1) is 8.31. The molecule has 0 amide bonds. The van der Waals surface area contributed by atoms with E-state index in [2.05, 4.69) is 32.3 Å². The van der Waals surface area contributed by atoms with Gasteiger partial charge in [-0.25, -0.2) is 4.98 Å². The van der Waals surface area contributed by atoms with Crippen molar-refractivity contribution in [3.63, 3.8) is 0 Å². The Kier molecular flexibility index (Phi) is 4.13. The third kappa shape index (κ3) is 3.05. The smallest absolute Gasteiger partial charge is 0.103 e. The molecule has 0 bridgehead atoms. The quantitative estimate of drug-likeness (QED) is 0.941. The average molecular weight is 308 g/mol. The van der Waals surface area contributed by atoms with Crippen molar-refractivity contribution in [1.29, 1.82) is 5.26 Å². The van der Waals surface area contributed by atoms with Gasteiger partial charge in [0.05, 0.1) is 16.3 Å². The molecule has 17 heavy (non-hydrogen) atoms. The number of hydrogen-bond donors (Lipinski definition) is 1. The second-order valence-corrected chi connectivity index (χ2v) is 5.21. The Bertz CT molecular complexity index is 531. The number of benzene rings is 1. The van der Waals surface area contributed by atoms with Crippen LogP contribution in [0.4, 0.5) is 5.69 Å². The zero-order chi connectivity index (χ0) is 12.1. The topological polar surface area (TPSA) is 48.7 Å². The molecule has 5 heteroatoms. The molecule has 2 rings (SSSR count). The molecule has 0 saturated carbocycles. The molecule has 2 aromatic rings. The van der Waals surface area contributed by atoms with Crippen LogP contribution < -0.4 is 5.32 Å². The maximum atomic E-state index is 9.05. The van der Waals surface area contributed by atoms with Crippen LogP contribution >= 0.6 is 27.3 Å². The molecule has 0 spiro atoms. The zero-order valence-electron chi connectivity index (χ0n) is 8.98. The predicted octanol–water partition coefficient (Wildman–Crippen LogP) is 3.43. The summed E-state index contributed by atoms with van der Waals surface area (Å²) in [6.45, 7) is 0.776. The minimum Gasteiger partial charge on any atom is -0.384 e. The van der Waals surface area contributed by atoms with Crippen molar-refractivity contribution >= 4 is 33.0 Å². The van der Waals surface area contributed by atoms with E-state index in [4.69, 9.17) is 5.26 Å². The lowest BCUT2D eigenvalue weighted by Gasteiger charge is -2.08. The highest BCUT2D eigenvalue weighted by atomic mass is 79.9. The summed E-state index contributed by atoms with van der Waals surface area (Å²) in [5.41, 5.74) is 1.50. The molecule has 0 saturated heterocycles. The van der Waals surface area contributed by atoms with E-state index in [1.165, 1.54) is 0 Å². The molecule has 1 aromatic heterocycles. The van der Waals surface area contributed by atoms with Gasteiger partial charge in [0.15, 0.2) is 0 Å². The van der Waals surface area contributed by atoms with E-state index in [0.717, 1.165) is 28.1 Å². The van der Waals surface area contributed by atoms with Crippen molar-refractivity contribution < 1.29 is 0 Å². The highest BCUT2D eigenvalue weighted by molar-refractivity contribution is 9.10. The van der Waals surface area contributed by atoms with Gasteiger partial charge in [-0.2, -0.15) is 5.26 Å². The maximum Gasteiger partial charge on any atom is 0.103 e. The Morgan fingerprint density at radius 2 is 2.35 bits per heavy atom. The van der Waals surface area contributed by atoms with Crippen LogP contribution in [0, 0.1) is 11.3 Å². The zero-order valence-corrected chi connectivity index (χ0v) is 11.4. The summed E-state index contributed by atoms with van der Waals surface area (Å²) < 4.78 is 0.819. The van der Waals surface area contributed by atoms with Crippen LogP contribution in [0.2, 0.25) is 0 Å². The van der Waals surface area contributed by atoms with Gasteiger partial charge in [-0.3, -0.25) is 0 Å². The molecule has 0 fully saturated rings. The standard InChI is InChI=1S/C12H10BrN3S/c13-10-2-1-3-11(9(10)8-14)15-5-4-12-16-6-7-17-12/h1-3,6-7,15H,4-5H2. The average Bonchev–Trinajstić information content (AvgIpc) is 2.82. The van der Waals surface area contributed by atoms with Crippen molar-refractivity contribution in [2.24, 2.45) is 0 Å². The van der Waals surface area contributed by atoms with Crippen molar-refractivity contribution in [1.82, 2.24) is 4.98 Å². The first-order valence-corrected chi connectivity index (χ1v) is 6.79. The molecular formula is C12H10BrN3S. The van der Waals surface area contributed by atoms with Crippen LogP contribution in [0.25, 0.3) is 0 Å². The SMILES string of the molecule is N#Cc1c(Br)cccc1NCCc1nccs1. The van der Waals surface area contributed by atoms with Crippen LogP contribution in [-0.2, 0) is 6.42 Å². The Morgan fingerprint density at radius 3 is 3.06 bits per heavy atom. The summed E-state index contributed by atoms with van der Waals surface area (Å²) >= 11 is 5.01. The lowest BCUT2D eigenvalue weighted by atomic mass is 10.2. The van der Waals surface area contributed by atoms with Crippen LogP contribution in [0.3, 0.4) is 0 Å². The molecule has 0 atom stereocenters. The van der Waals surface area contributed by atoms with Crippen molar-refractivity contribution in [2.75, 3.05) is 11.9 Å². The Hall–Kier alpha value is -1.38. The van der Waals surface area contributed by atoms with E-state index in [9.17, 15) is 0 Å². The number of nitriles is 1. The molecule has 1 N–H and O–H groups in total. The monoisotopic (exact) mass is 307 g/mol. The Morgan fingerprint density at radius 1 is 1.47 bits per heavy atom. The molecule has 0 radical (unpaired) electrons. The third-order valence-electron chi connectivity index (χ3n) is 2.26. The lowest BCUT2D eigenvalue weighted by Crippen LogP contribution is -2.06. The summed E-state index contributed by atoms with van der Waals surface area (Å²) in [7, 11) is 0. The molecule has 3 nitrogen and oxygen atoms in total. The lowest BCUT2D eigenvalue weighted by molar-refractivity contribution is 0.997. The summed E-state index contributed by atoms with van der Waals surface area (Å²) in [6.07, 6.45) is 2.68. The first kappa shape index (κ1) is 12.1. The third-order valence-corrected chi connectivity index (χ3v) is 3.76. The van der Waals surface area contributed by atoms with Crippen LogP contribution in [0.15, 0.2) is 34.2 Å². The van der Waals surface area contributed by atoms with E-state index in [1.807, 2.05) is 23.6 Å². The van der Waals surface area contributed by atoms with E-state index in [0.29, 0.717) is 5.56 Å². The second-order valence-electron chi connectivity index (χ2n) is 3.38. The fourth-order valence-corrected chi connectivity index (χ4v) is 2.54. The summed E-state index contributed by atoms with van der Waals surface area (Å²) in [5, 5.41) is 15.4. The van der Waals surface area contributed by atoms with Gasteiger partial charge in [0.1, 0.15) is 6.07 Å². The van der Waals surface area contributed by atoms with Crippen LogP contribution in [-0.4, -0.2) is 11.5 Å². The number of rotatable bonds is 4. The molecule has 0 aliphatic carbocycles. The van der Waals surface area contributed by atoms with Gasteiger partial charge in [0.25, 0.3) is 0 Å². The van der Waals surface area contributed by atoms with E-state index in [-0.39, 0.29) is 0 Å². The Labute approximate surface area is 112 Å². The second kappa shape index (κ2) is 5.80. The molecule has 86 valence electrons. The minimum atomic E-state index is 0.645. The van der Waals surface area contributed by atoms with E-state index in [1.54, 1.807) is 17.5 Å². The van der Waals surface area contributed by atoms with Crippen molar-refractivity contribution in [2.45, 2.75) is 6.42 Å². The summed E-state index contributed by atoms with van der Waals surface area (Å²) in [5.74, 6) is 0. The molecular weight excluding hydrogens is 298 g/mol. The van der Waals surface area contributed by atoms with Gasteiger partial charge >= 0.3 is 0 Å². The molecule has 0 unspecified atom stereocenters. The molecule has 0 aliphatic rings. The summed E-state index contributed by atoms with van der Waals surface area (Å²) in [4.78, 5) is 4.21. The number of aromatic nitrogens is 1. The normalized spacial score (nSPS) is 9.88. The van der Waals surface area contributed by atoms with Gasteiger partial charge < -0.3 is 5.32 Å².